The molecule has 0 aliphatic carbocycles. The predicted octanol–water partition coefficient (Wildman–Crippen LogP) is 3.08. The molecule has 15 heavy (non-hydrogen) atoms. The van der Waals surface area contributed by atoms with Crippen LogP contribution in [0, 0.1) is 11.6 Å². The molecule has 0 fully saturated rings. The normalized spacial score (nSPS) is 12.3. The van der Waals surface area contributed by atoms with Crippen molar-refractivity contribution in [3.63, 3.8) is 0 Å². The van der Waals surface area contributed by atoms with Crippen molar-refractivity contribution in [2.24, 2.45) is 0 Å². The maximum Gasteiger partial charge on any atom is 0.238 e. The minimum Gasteiger partial charge on any atom is -0.323 e. The van der Waals surface area contributed by atoms with Gasteiger partial charge in [0, 0.05) is 6.07 Å². The lowest BCUT2D eigenvalue weighted by Gasteiger charge is -2.09. The van der Waals surface area contributed by atoms with Crippen molar-refractivity contribution in [2.45, 2.75) is 18.2 Å². The number of nitrogens with one attached hydrogen (secondary N) is 1. The Morgan fingerprint density at radius 3 is 2.73 bits per heavy atom. The fourth-order valence-corrected chi connectivity index (χ4v) is 1.10. The summed E-state index contributed by atoms with van der Waals surface area (Å²) >= 11 is 3.13. The van der Waals surface area contributed by atoms with Gasteiger partial charge in [-0.25, -0.2) is 8.78 Å². The number of hydrogen-bond acceptors (Lipinski definition) is 1. The molecule has 1 N–H and O–H groups in total. The van der Waals surface area contributed by atoms with Crippen molar-refractivity contribution >= 4 is 27.5 Å². The van der Waals surface area contributed by atoms with E-state index in [2.05, 4.69) is 21.2 Å². The summed E-state index contributed by atoms with van der Waals surface area (Å²) < 4.78 is 25.7. The molecule has 0 bridgehead atoms. The van der Waals surface area contributed by atoms with E-state index in [1.54, 1.807) is 0 Å². The number of carbonyl (C=O) groups is 1. The van der Waals surface area contributed by atoms with Crippen molar-refractivity contribution in [3.8, 4) is 0 Å². The molecule has 0 spiro atoms. The molecule has 0 aliphatic rings. The van der Waals surface area contributed by atoms with E-state index in [0.717, 1.165) is 12.1 Å². The van der Waals surface area contributed by atoms with Gasteiger partial charge in [-0.2, -0.15) is 0 Å². The maximum atomic E-state index is 13.1. The highest BCUT2D eigenvalue weighted by molar-refractivity contribution is 9.10. The van der Waals surface area contributed by atoms with Gasteiger partial charge in [0.15, 0.2) is 0 Å². The first-order valence-corrected chi connectivity index (χ1v) is 5.36. The molecule has 0 saturated heterocycles. The Kier molecular flexibility index (Phi) is 4.20. The Bertz CT molecular complexity index is 370. The van der Waals surface area contributed by atoms with Gasteiger partial charge < -0.3 is 5.32 Å². The molecule has 1 aromatic rings. The Balaban J connectivity index is 2.77. The first-order valence-electron chi connectivity index (χ1n) is 4.44. The van der Waals surface area contributed by atoms with Crippen LogP contribution in [-0.4, -0.2) is 10.7 Å². The third-order valence-corrected chi connectivity index (χ3v) is 2.90. The van der Waals surface area contributed by atoms with Gasteiger partial charge in [0.1, 0.15) is 11.6 Å². The predicted molar refractivity (Wildman–Crippen MR) is 58.0 cm³/mol. The Morgan fingerprint density at radius 2 is 2.20 bits per heavy atom. The number of anilines is 1. The summed E-state index contributed by atoms with van der Waals surface area (Å²) in [4.78, 5) is 11.0. The second-order valence-corrected chi connectivity index (χ2v) is 4.09. The number of amides is 1. The van der Waals surface area contributed by atoms with E-state index in [9.17, 15) is 13.6 Å². The Labute approximate surface area is 94.8 Å². The van der Waals surface area contributed by atoms with Gasteiger partial charge in [-0.3, -0.25) is 4.79 Å². The highest BCUT2D eigenvalue weighted by Gasteiger charge is 2.14. The van der Waals surface area contributed by atoms with Gasteiger partial charge in [0.25, 0.3) is 0 Å². The van der Waals surface area contributed by atoms with Gasteiger partial charge in [-0.1, -0.05) is 22.9 Å². The SMILES string of the molecule is CCC(Br)C(=O)Nc1ccc(F)cc1F. The van der Waals surface area contributed by atoms with Crippen molar-refractivity contribution < 1.29 is 13.6 Å². The summed E-state index contributed by atoms with van der Waals surface area (Å²) in [7, 11) is 0. The molecule has 1 atom stereocenters. The fraction of sp³-hybridized carbons (Fsp3) is 0.300. The third-order valence-electron chi connectivity index (χ3n) is 1.83. The topological polar surface area (TPSA) is 29.1 Å². The van der Waals surface area contributed by atoms with Gasteiger partial charge in [0.05, 0.1) is 10.5 Å². The van der Waals surface area contributed by atoms with Gasteiger partial charge in [0.2, 0.25) is 5.91 Å². The summed E-state index contributed by atoms with van der Waals surface area (Å²) in [6.45, 7) is 1.82. The van der Waals surface area contributed by atoms with Crippen molar-refractivity contribution in [1.29, 1.82) is 0 Å². The molecule has 1 aromatic carbocycles. The average molecular weight is 278 g/mol. The minimum atomic E-state index is -0.779. The largest absolute Gasteiger partial charge is 0.323 e. The maximum absolute atomic E-state index is 13.1. The van der Waals surface area contributed by atoms with E-state index in [1.807, 2.05) is 6.92 Å². The van der Waals surface area contributed by atoms with Crippen LogP contribution >= 0.6 is 15.9 Å². The van der Waals surface area contributed by atoms with Crippen molar-refractivity contribution in [1.82, 2.24) is 0 Å². The van der Waals surface area contributed by atoms with Gasteiger partial charge in [-0.15, -0.1) is 0 Å². The monoisotopic (exact) mass is 277 g/mol. The zero-order chi connectivity index (χ0) is 11.4. The second-order valence-electron chi connectivity index (χ2n) is 2.99. The standard InChI is InChI=1S/C10H10BrF2NO/c1-2-7(11)10(15)14-9-4-3-6(12)5-8(9)13/h3-5,7H,2H2,1H3,(H,14,15). The molecule has 1 rings (SSSR count). The van der Waals surface area contributed by atoms with E-state index < -0.39 is 11.6 Å². The quantitative estimate of drug-likeness (QED) is 0.846. The molecule has 1 amide bonds. The van der Waals surface area contributed by atoms with Crippen molar-refractivity contribution in [2.75, 3.05) is 5.32 Å². The number of carbonyl (C=O) groups excluding carboxylic acids is 1. The molecule has 0 radical (unpaired) electrons. The highest BCUT2D eigenvalue weighted by Crippen LogP contribution is 2.16. The smallest absolute Gasteiger partial charge is 0.238 e. The van der Waals surface area contributed by atoms with Crippen LogP contribution in [-0.2, 0) is 4.79 Å². The van der Waals surface area contributed by atoms with E-state index in [-0.39, 0.29) is 16.4 Å². The van der Waals surface area contributed by atoms with Crippen LogP contribution in [0.15, 0.2) is 18.2 Å². The third kappa shape index (κ3) is 3.27. The van der Waals surface area contributed by atoms with Crippen LogP contribution in [0.1, 0.15) is 13.3 Å². The zero-order valence-corrected chi connectivity index (χ0v) is 9.64. The molecular weight excluding hydrogens is 268 g/mol. The lowest BCUT2D eigenvalue weighted by molar-refractivity contribution is -0.115. The van der Waals surface area contributed by atoms with Gasteiger partial charge >= 0.3 is 0 Å². The minimum absolute atomic E-state index is 0.0145. The summed E-state index contributed by atoms with van der Waals surface area (Å²) in [5.41, 5.74) is -0.0145. The molecule has 0 heterocycles. The zero-order valence-electron chi connectivity index (χ0n) is 8.06. The van der Waals surface area contributed by atoms with Crippen LogP contribution in [0.4, 0.5) is 14.5 Å². The van der Waals surface area contributed by atoms with Crippen LogP contribution in [0.5, 0.6) is 0 Å². The summed E-state index contributed by atoms with van der Waals surface area (Å²) in [5.74, 6) is -1.79. The summed E-state index contributed by atoms with van der Waals surface area (Å²) in [5, 5.41) is 2.36. The molecule has 0 aromatic heterocycles. The number of alkyl halides is 1. The number of halogens is 3. The molecular formula is C10H10BrF2NO. The highest BCUT2D eigenvalue weighted by atomic mass is 79.9. The number of benzene rings is 1. The van der Waals surface area contributed by atoms with Crippen molar-refractivity contribution in [3.05, 3.63) is 29.8 Å². The van der Waals surface area contributed by atoms with E-state index >= 15 is 0 Å². The second kappa shape index (κ2) is 5.21. The molecule has 5 heteroatoms. The van der Waals surface area contributed by atoms with E-state index in [1.165, 1.54) is 6.07 Å². The first kappa shape index (κ1) is 12.1. The van der Waals surface area contributed by atoms with E-state index in [4.69, 9.17) is 0 Å². The Hall–Kier alpha value is -0.970. The van der Waals surface area contributed by atoms with E-state index in [0.29, 0.717) is 6.42 Å². The fourth-order valence-electron chi connectivity index (χ4n) is 0.987. The molecule has 0 saturated carbocycles. The number of rotatable bonds is 3. The van der Waals surface area contributed by atoms with Crippen LogP contribution in [0.3, 0.4) is 0 Å². The van der Waals surface area contributed by atoms with Crippen LogP contribution < -0.4 is 5.32 Å². The Morgan fingerprint density at radius 1 is 1.53 bits per heavy atom. The van der Waals surface area contributed by atoms with Gasteiger partial charge in [-0.05, 0) is 18.6 Å². The van der Waals surface area contributed by atoms with Crippen LogP contribution in [0.2, 0.25) is 0 Å². The molecule has 1 unspecified atom stereocenters. The lowest BCUT2D eigenvalue weighted by atomic mass is 10.2. The summed E-state index contributed by atoms with van der Waals surface area (Å²) in [6.07, 6.45) is 0.592. The van der Waals surface area contributed by atoms with Crippen LogP contribution in [0.25, 0.3) is 0 Å². The average Bonchev–Trinajstić information content (AvgIpc) is 2.20. The molecule has 82 valence electrons. The first-order chi connectivity index (χ1) is 7.04. The lowest BCUT2D eigenvalue weighted by Crippen LogP contribution is -2.22. The molecule has 2 nitrogen and oxygen atoms in total. The number of hydrogen-bond donors (Lipinski definition) is 1. The summed E-state index contributed by atoms with van der Waals surface area (Å²) in [6, 6.07) is 3.01. The molecule has 0 aliphatic heterocycles.